The van der Waals surface area contributed by atoms with E-state index in [9.17, 15) is 9.59 Å². The highest BCUT2D eigenvalue weighted by Gasteiger charge is 2.19. The Morgan fingerprint density at radius 3 is 2.47 bits per heavy atom. The van der Waals surface area contributed by atoms with Gasteiger partial charge in [-0.25, -0.2) is 0 Å². The number of nitrogens with two attached hydrogens (primary N) is 1. The number of carboxylic acids is 1. The Labute approximate surface area is 90.2 Å². The standard InChI is InChI=1S/C10H20N2O3/c1-3-12(8(2)7-10(14)15)9(13)5-4-6-11/h8H,3-7,11H2,1-2H3,(H,14,15). The quantitative estimate of drug-likeness (QED) is 0.646. The molecule has 0 saturated heterocycles. The van der Waals surface area contributed by atoms with Gasteiger partial charge in [-0.1, -0.05) is 0 Å². The molecule has 0 aliphatic rings. The van der Waals surface area contributed by atoms with Crippen molar-refractivity contribution in [2.45, 2.75) is 39.2 Å². The zero-order valence-electron chi connectivity index (χ0n) is 9.40. The zero-order chi connectivity index (χ0) is 11.8. The number of hydrogen-bond acceptors (Lipinski definition) is 3. The molecule has 5 nitrogen and oxygen atoms in total. The molecule has 0 saturated carbocycles. The van der Waals surface area contributed by atoms with E-state index in [4.69, 9.17) is 10.8 Å². The van der Waals surface area contributed by atoms with Crippen LogP contribution in [0.4, 0.5) is 0 Å². The summed E-state index contributed by atoms with van der Waals surface area (Å²) in [5.41, 5.74) is 5.31. The highest BCUT2D eigenvalue weighted by atomic mass is 16.4. The van der Waals surface area contributed by atoms with Crippen LogP contribution in [0.1, 0.15) is 33.1 Å². The number of aliphatic carboxylic acids is 1. The molecule has 5 heteroatoms. The number of hydrogen-bond donors (Lipinski definition) is 2. The molecule has 0 aromatic carbocycles. The van der Waals surface area contributed by atoms with Gasteiger partial charge in [0.1, 0.15) is 0 Å². The number of carboxylic acid groups (broad SMARTS) is 1. The lowest BCUT2D eigenvalue weighted by Gasteiger charge is -2.27. The highest BCUT2D eigenvalue weighted by Crippen LogP contribution is 2.07. The van der Waals surface area contributed by atoms with Crippen LogP contribution in [0.15, 0.2) is 0 Å². The second-order valence-corrected chi connectivity index (χ2v) is 3.52. The summed E-state index contributed by atoms with van der Waals surface area (Å²) in [7, 11) is 0. The van der Waals surface area contributed by atoms with Crippen LogP contribution in [0.3, 0.4) is 0 Å². The lowest BCUT2D eigenvalue weighted by Crippen LogP contribution is -2.39. The van der Waals surface area contributed by atoms with Gasteiger partial charge in [-0.3, -0.25) is 9.59 Å². The van der Waals surface area contributed by atoms with Gasteiger partial charge in [0.15, 0.2) is 0 Å². The van der Waals surface area contributed by atoms with Crippen LogP contribution in [-0.4, -0.2) is 41.0 Å². The van der Waals surface area contributed by atoms with Crippen LogP contribution in [0.25, 0.3) is 0 Å². The van der Waals surface area contributed by atoms with Gasteiger partial charge in [-0.05, 0) is 26.8 Å². The third kappa shape index (κ3) is 5.37. The summed E-state index contributed by atoms with van der Waals surface area (Å²) in [6.07, 6.45) is 1.03. The second kappa shape index (κ2) is 7.23. The summed E-state index contributed by atoms with van der Waals surface area (Å²) in [5, 5.41) is 8.63. The summed E-state index contributed by atoms with van der Waals surface area (Å²) in [6, 6.07) is -0.252. The molecule has 1 unspecified atom stereocenters. The maximum Gasteiger partial charge on any atom is 0.305 e. The molecule has 3 N–H and O–H groups in total. The molecule has 0 fully saturated rings. The molecule has 1 amide bonds. The van der Waals surface area contributed by atoms with Crippen molar-refractivity contribution < 1.29 is 14.7 Å². The summed E-state index contributed by atoms with van der Waals surface area (Å²) in [5.74, 6) is -0.899. The maximum atomic E-state index is 11.6. The van der Waals surface area contributed by atoms with Gasteiger partial charge < -0.3 is 15.7 Å². The number of amides is 1. The molecule has 0 radical (unpaired) electrons. The van der Waals surface area contributed by atoms with Crippen LogP contribution in [0, 0.1) is 0 Å². The van der Waals surface area contributed by atoms with Crippen LogP contribution in [0.5, 0.6) is 0 Å². The van der Waals surface area contributed by atoms with E-state index >= 15 is 0 Å². The molecule has 0 aromatic heterocycles. The van der Waals surface area contributed by atoms with Gasteiger partial charge in [0.2, 0.25) is 5.91 Å². The van der Waals surface area contributed by atoms with Crippen molar-refractivity contribution in [2.24, 2.45) is 5.73 Å². The van der Waals surface area contributed by atoms with Crippen LogP contribution in [0.2, 0.25) is 0 Å². The van der Waals surface area contributed by atoms with Gasteiger partial charge in [-0.15, -0.1) is 0 Å². The molecule has 0 aromatic rings. The van der Waals surface area contributed by atoms with E-state index < -0.39 is 5.97 Å². The number of rotatable bonds is 7. The predicted molar refractivity (Wildman–Crippen MR) is 57.4 cm³/mol. The van der Waals surface area contributed by atoms with Crippen LogP contribution >= 0.6 is 0 Å². The fourth-order valence-electron chi connectivity index (χ4n) is 1.49. The molecule has 1 atom stereocenters. The third-order valence-electron chi connectivity index (χ3n) is 2.26. The number of carbonyl (C=O) groups is 2. The molecule has 0 heterocycles. The van der Waals surface area contributed by atoms with Gasteiger partial charge in [-0.2, -0.15) is 0 Å². The van der Waals surface area contributed by atoms with Gasteiger partial charge in [0, 0.05) is 19.0 Å². The molecular formula is C10H20N2O3. The lowest BCUT2D eigenvalue weighted by atomic mass is 10.1. The van der Waals surface area contributed by atoms with Gasteiger partial charge >= 0.3 is 5.97 Å². The summed E-state index contributed by atoms with van der Waals surface area (Å²) < 4.78 is 0. The molecular weight excluding hydrogens is 196 g/mol. The van der Waals surface area contributed by atoms with Crippen molar-refractivity contribution in [2.75, 3.05) is 13.1 Å². The third-order valence-corrected chi connectivity index (χ3v) is 2.26. The summed E-state index contributed by atoms with van der Waals surface area (Å²) in [6.45, 7) is 4.62. The van der Waals surface area contributed by atoms with Crippen molar-refractivity contribution in [3.63, 3.8) is 0 Å². The van der Waals surface area contributed by atoms with Crippen molar-refractivity contribution in [1.82, 2.24) is 4.90 Å². The van der Waals surface area contributed by atoms with Crippen molar-refractivity contribution in [3.05, 3.63) is 0 Å². The van der Waals surface area contributed by atoms with E-state index in [1.165, 1.54) is 0 Å². The van der Waals surface area contributed by atoms with Crippen molar-refractivity contribution >= 4 is 11.9 Å². The first-order valence-corrected chi connectivity index (χ1v) is 5.24. The van der Waals surface area contributed by atoms with Crippen LogP contribution in [-0.2, 0) is 9.59 Å². The van der Waals surface area contributed by atoms with Crippen LogP contribution < -0.4 is 5.73 Å². The lowest BCUT2D eigenvalue weighted by molar-refractivity contribution is -0.140. The maximum absolute atomic E-state index is 11.6. The Morgan fingerprint density at radius 2 is 2.07 bits per heavy atom. The monoisotopic (exact) mass is 216 g/mol. The minimum absolute atomic E-state index is 0.0117. The van der Waals surface area contributed by atoms with E-state index in [1.54, 1.807) is 11.8 Å². The zero-order valence-corrected chi connectivity index (χ0v) is 9.40. The SMILES string of the molecule is CCN(C(=O)CCCN)C(C)CC(=O)O. The second-order valence-electron chi connectivity index (χ2n) is 3.52. The molecule has 0 aliphatic carbocycles. The molecule has 0 spiro atoms. The van der Waals surface area contributed by atoms with E-state index in [0.29, 0.717) is 25.9 Å². The Bertz CT molecular complexity index is 219. The first-order valence-electron chi connectivity index (χ1n) is 5.24. The van der Waals surface area contributed by atoms with Gasteiger partial charge in [0.25, 0.3) is 0 Å². The number of nitrogens with zero attached hydrogens (tertiary/aromatic N) is 1. The molecule has 15 heavy (non-hydrogen) atoms. The smallest absolute Gasteiger partial charge is 0.305 e. The van der Waals surface area contributed by atoms with Crippen molar-refractivity contribution in [3.8, 4) is 0 Å². The minimum Gasteiger partial charge on any atom is -0.481 e. The molecule has 0 rings (SSSR count). The normalized spacial score (nSPS) is 12.2. The highest BCUT2D eigenvalue weighted by molar-refractivity contribution is 5.77. The first kappa shape index (κ1) is 13.9. The fourth-order valence-corrected chi connectivity index (χ4v) is 1.49. The van der Waals surface area contributed by atoms with E-state index in [2.05, 4.69) is 0 Å². The Morgan fingerprint density at radius 1 is 1.47 bits per heavy atom. The average molecular weight is 216 g/mol. The Balaban J connectivity index is 4.20. The summed E-state index contributed by atoms with van der Waals surface area (Å²) >= 11 is 0. The Kier molecular flexibility index (Phi) is 6.70. The summed E-state index contributed by atoms with van der Waals surface area (Å²) in [4.78, 5) is 23.7. The molecule has 0 aliphatic heterocycles. The molecule has 88 valence electrons. The Hall–Kier alpha value is -1.10. The van der Waals surface area contributed by atoms with Gasteiger partial charge in [0.05, 0.1) is 6.42 Å². The van der Waals surface area contributed by atoms with E-state index in [-0.39, 0.29) is 18.4 Å². The molecule has 0 bridgehead atoms. The first-order chi connectivity index (χ1) is 7.02. The number of carbonyl (C=O) groups excluding carboxylic acids is 1. The van der Waals surface area contributed by atoms with E-state index in [0.717, 1.165) is 0 Å². The average Bonchev–Trinajstić information content (AvgIpc) is 2.14. The minimum atomic E-state index is -0.882. The van der Waals surface area contributed by atoms with E-state index in [1.807, 2.05) is 6.92 Å². The largest absolute Gasteiger partial charge is 0.481 e. The van der Waals surface area contributed by atoms with Crippen molar-refractivity contribution in [1.29, 1.82) is 0 Å². The predicted octanol–water partition coefficient (Wildman–Crippen LogP) is 0.437. The topological polar surface area (TPSA) is 83.6 Å². The fraction of sp³-hybridized carbons (Fsp3) is 0.800.